The van der Waals surface area contributed by atoms with Crippen LogP contribution in [0, 0.1) is 6.92 Å². The van der Waals surface area contributed by atoms with Gasteiger partial charge in [0.2, 0.25) is 10.0 Å². The summed E-state index contributed by atoms with van der Waals surface area (Å²) in [5.41, 5.74) is 2.33. The number of nitrogens with zero attached hydrogens (tertiary/aromatic N) is 1. The minimum Gasteiger partial charge on any atom is -0.484 e. The van der Waals surface area contributed by atoms with Gasteiger partial charge < -0.3 is 15.4 Å². The van der Waals surface area contributed by atoms with E-state index in [1.54, 1.807) is 25.3 Å². The summed E-state index contributed by atoms with van der Waals surface area (Å²) in [6.45, 7) is 4.76. The summed E-state index contributed by atoms with van der Waals surface area (Å²) >= 11 is 6.01. The van der Waals surface area contributed by atoms with E-state index in [4.69, 9.17) is 16.3 Å². The molecule has 0 saturated heterocycles. The molecule has 3 N–H and O–H groups in total. The van der Waals surface area contributed by atoms with Crippen LogP contribution in [-0.2, 0) is 14.8 Å². The van der Waals surface area contributed by atoms with E-state index in [1.165, 1.54) is 12.1 Å². The Bertz CT molecular complexity index is 1230. The number of ether oxygens (including phenoxy) is 1. The van der Waals surface area contributed by atoms with E-state index in [2.05, 4.69) is 20.3 Å². The molecule has 2 aromatic carbocycles. The number of aromatic nitrogens is 1. The Hall–Kier alpha value is -2.88. The molecule has 1 aromatic heterocycles. The van der Waals surface area contributed by atoms with Crippen LogP contribution < -0.4 is 20.1 Å². The first-order chi connectivity index (χ1) is 15.8. The zero-order valence-electron chi connectivity index (χ0n) is 18.5. The number of carbonyl (C=O) groups excluding carboxylic acids is 1. The molecule has 33 heavy (non-hydrogen) atoms. The number of sulfonamides is 1. The lowest BCUT2D eigenvalue weighted by Gasteiger charge is -2.12. The average molecular weight is 491 g/mol. The molecular weight excluding hydrogens is 464 g/mol. The highest BCUT2D eigenvalue weighted by Crippen LogP contribution is 2.24. The fraction of sp³-hybridized carbons (Fsp3) is 0.304. The lowest BCUT2D eigenvalue weighted by molar-refractivity contribution is -0.123. The number of pyridine rings is 1. The summed E-state index contributed by atoms with van der Waals surface area (Å²) in [4.78, 5) is 16.6. The van der Waals surface area contributed by atoms with Crippen molar-refractivity contribution in [2.24, 2.45) is 0 Å². The number of benzene rings is 2. The summed E-state index contributed by atoms with van der Waals surface area (Å²) in [5.74, 6) is 0.184. The minimum absolute atomic E-state index is 0.169. The molecule has 0 aliphatic heterocycles. The second kappa shape index (κ2) is 11.3. The standard InChI is InChI=1S/C23H27ClN4O4S/c1-3-9-28-33(30,31)18-5-7-22(16(2)13-18)32-15-23(29)27-12-11-26-20-8-10-25-21-14-17(24)4-6-19(20)21/h4-8,10,13-14,28H,3,9,11-12,15H2,1-2H3,(H,25,26)(H,27,29). The number of hydrogen-bond donors (Lipinski definition) is 3. The smallest absolute Gasteiger partial charge is 0.258 e. The molecule has 0 radical (unpaired) electrons. The van der Waals surface area contributed by atoms with Gasteiger partial charge in [-0.2, -0.15) is 0 Å². The van der Waals surface area contributed by atoms with E-state index in [-0.39, 0.29) is 17.4 Å². The van der Waals surface area contributed by atoms with Crippen LogP contribution in [0.4, 0.5) is 5.69 Å². The summed E-state index contributed by atoms with van der Waals surface area (Å²) < 4.78 is 32.5. The summed E-state index contributed by atoms with van der Waals surface area (Å²) in [7, 11) is -3.55. The van der Waals surface area contributed by atoms with E-state index in [9.17, 15) is 13.2 Å². The maximum absolute atomic E-state index is 12.2. The van der Waals surface area contributed by atoms with Crippen molar-refractivity contribution in [3.63, 3.8) is 0 Å². The number of nitrogens with one attached hydrogen (secondary N) is 3. The van der Waals surface area contributed by atoms with Crippen LogP contribution in [0.3, 0.4) is 0 Å². The van der Waals surface area contributed by atoms with Crippen molar-refractivity contribution in [1.82, 2.24) is 15.0 Å². The van der Waals surface area contributed by atoms with Crippen molar-refractivity contribution in [3.05, 3.63) is 59.2 Å². The van der Waals surface area contributed by atoms with Gasteiger partial charge in [-0.1, -0.05) is 18.5 Å². The van der Waals surface area contributed by atoms with Gasteiger partial charge in [0.25, 0.3) is 5.91 Å². The van der Waals surface area contributed by atoms with Gasteiger partial charge in [0.05, 0.1) is 10.4 Å². The zero-order valence-corrected chi connectivity index (χ0v) is 20.1. The first-order valence-electron chi connectivity index (χ1n) is 10.6. The monoisotopic (exact) mass is 490 g/mol. The third kappa shape index (κ3) is 6.80. The Balaban J connectivity index is 1.46. The van der Waals surface area contributed by atoms with Crippen molar-refractivity contribution >= 4 is 44.1 Å². The molecule has 1 heterocycles. The van der Waals surface area contributed by atoms with Gasteiger partial charge in [0.1, 0.15) is 5.75 Å². The first kappa shape index (κ1) is 24.8. The second-order valence-corrected chi connectivity index (χ2v) is 9.61. The maximum atomic E-state index is 12.2. The Kier molecular flexibility index (Phi) is 8.49. The van der Waals surface area contributed by atoms with Gasteiger partial charge >= 0.3 is 0 Å². The van der Waals surface area contributed by atoms with Gasteiger partial charge in [-0.25, -0.2) is 13.1 Å². The molecule has 10 heteroatoms. The highest BCUT2D eigenvalue weighted by molar-refractivity contribution is 7.89. The van der Waals surface area contributed by atoms with Crippen LogP contribution in [0.1, 0.15) is 18.9 Å². The maximum Gasteiger partial charge on any atom is 0.258 e. The van der Waals surface area contributed by atoms with Crippen molar-refractivity contribution in [1.29, 1.82) is 0 Å². The highest BCUT2D eigenvalue weighted by Gasteiger charge is 2.15. The van der Waals surface area contributed by atoms with Crippen LogP contribution >= 0.6 is 11.6 Å². The molecular formula is C23H27ClN4O4S. The molecule has 8 nitrogen and oxygen atoms in total. The molecule has 0 bridgehead atoms. The molecule has 0 saturated carbocycles. The number of carbonyl (C=O) groups is 1. The fourth-order valence-electron chi connectivity index (χ4n) is 3.14. The van der Waals surface area contributed by atoms with E-state index in [0.29, 0.717) is 42.4 Å². The molecule has 0 fully saturated rings. The third-order valence-electron chi connectivity index (χ3n) is 4.82. The summed E-state index contributed by atoms with van der Waals surface area (Å²) in [6.07, 6.45) is 2.41. The summed E-state index contributed by atoms with van der Waals surface area (Å²) in [6, 6.07) is 11.9. The number of anilines is 1. The quantitative estimate of drug-likeness (QED) is 0.355. The predicted octanol–water partition coefficient (Wildman–Crippen LogP) is 3.49. The van der Waals surface area contributed by atoms with Crippen molar-refractivity contribution in [3.8, 4) is 5.75 Å². The van der Waals surface area contributed by atoms with Crippen molar-refractivity contribution < 1.29 is 17.9 Å². The van der Waals surface area contributed by atoms with Gasteiger partial charge in [0, 0.05) is 41.9 Å². The number of aryl methyl sites for hydroxylation is 1. The molecule has 3 rings (SSSR count). The van der Waals surface area contributed by atoms with Crippen LogP contribution in [0.25, 0.3) is 10.9 Å². The molecule has 3 aromatic rings. The molecule has 0 atom stereocenters. The number of hydrogen-bond acceptors (Lipinski definition) is 6. The number of halogens is 1. The molecule has 0 spiro atoms. The van der Waals surface area contributed by atoms with Crippen LogP contribution in [0.2, 0.25) is 5.02 Å². The van der Waals surface area contributed by atoms with Crippen molar-refractivity contribution in [2.75, 3.05) is 31.6 Å². The number of fused-ring (bicyclic) bond motifs is 1. The molecule has 0 unspecified atom stereocenters. The Morgan fingerprint density at radius 1 is 1.09 bits per heavy atom. The molecule has 0 aliphatic carbocycles. The van der Waals surface area contributed by atoms with Crippen molar-refractivity contribution in [2.45, 2.75) is 25.2 Å². The van der Waals surface area contributed by atoms with E-state index in [1.807, 2.05) is 25.1 Å². The highest BCUT2D eigenvalue weighted by atomic mass is 35.5. The lowest BCUT2D eigenvalue weighted by Crippen LogP contribution is -2.32. The van der Waals surface area contributed by atoms with Gasteiger partial charge in [0.15, 0.2) is 6.61 Å². The molecule has 0 aliphatic rings. The Labute approximate surface area is 198 Å². The first-order valence-corrected chi connectivity index (χ1v) is 12.4. The van der Waals surface area contributed by atoms with Gasteiger partial charge in [-0.05, 0) is 61.4 Å². The fourth-order valence-corrected chi connectivity index (χ4v) is 4.52. The van der Waals surface area contributed by atoms with Gasteiger partial charge in [-0.15, -0.1) is 0 Å². The second-order valence-electron chi connectivity index (χ2n) is 7.41. The molecule has 1 amide bonds. The number of rotatable bonds is 11. The lowest BCUT2D eigenvalue weighted by atomic mass is 10.2. The largest absolute Gasteiger partial charge is 0.484 e. The normalized spacial score (nSPS) is 11.4. The van der Waals surface area contributed by atoms with Crippen LogP contribution in [0.5, 0.6) is 5.75 Å². The zero-order chi connectivity index (χ0) is 23.8. The Morgan fingerprint density at radius 3 is 2.67 bits per heavy atom. The predicted molar refractivity (Wildman–Crippen MR) is 130 cm³/mol. The Morgan fingerprint density at radius 2 is 1.91 bits per heavy atom. The van der Waals surface area contributed by atoms with Gasteiger partial charge in [-0.3, -0.25) is 9.78 Å². The van der Waals surface area contributed by atoms with E-state index >= 15 is 0 Å². The van der Waals surface area contributed by atoms with Crippen LogP contribution in [0.15, 0.2) is 53.6 Å². The van der Waals surface area contributed by atoms with E-state index in [0.717, 1.165) is 16.6 Å². The minimum atomic E-state index is -3.55. The summed E-state index contributed by atoms with van der Waals surface area (Å²) in [5, 5.41) is 7.64. The number of amides is 1. The average Bonchev–Trinajstić information content (AvgIpc) is 2.79. The van der Waals surface area contributed by atoms with E-state index < -0.39 is 10.0 Å². The third-order valence-corrected chi connectivity index (χ3v) is 6.52. The topological polar surface area (TPSA) is 109 Å². The SMILES string of the molecule is CCCNS(=O)(=O)c1ccc(OCC(=O)NCCNc2ccnc3cc(Cl)ccc23)c(C)c1. The molecule has 176 valence electrons. The van der Waals surface area contributed by atoms with Crippen LogP contribution in [-0.4, -0.2) is 45.6 Å².